The quantitative estimate of drug-likeness (QED) is 0.816. The first-order valence-corrected chi connectivity index (χ1v) is 5.67. The fraction of sp³-hybridized carbons (Fsp3) is 0.364. The van der Waals surface area contributed by atoms with Crippen molar-refractivity contribution in [3.8, 4) is 5.75 Å². The van der Waals surface area contributed by atoms with Gasteiger partial charge in [0.1, 0.15) is 5.75 Å². The Kier molecular flexibility index (Phi) is 4.96. The number of carbonyl (C=O) groups is 1. The van der Waals surface area contributed by atoms with Crippen LogP contribution in [0.3, 0.4) is 0 Å². The van der Waals surface area contributed by atoms with Crippen molar-refractivity contribution in [2.45, 2.75) is 13.3 Å². The molecule has 0 bridgehead atoms. The van der Waals surface area contributed by atoms with Gasteiger partial charge in [0.05, 0.1) is 12.1 Å². The second-order valence-electron chi connectivity index (χ2n) is 3.40. The van der Waals surface area contributed by atoms with E-state index in [1.165, 1.54) is 0 Å². The fourth-order valence-electron chi connectivity index (χ4n) is 1.43. The third kappa shape index (κ3) is 3.61. The highest BCUT2D eigenvalue weighted by atomic mass is 35.5. The van der Waals surface area contributed by atoms with E-state index in [1.807, 2.05) is 19.1 Å². The molecule has 0 spiro atoms. The van der Waals surface area contributed by atoms with Crippen molar-refractivity contribution >= 4 is 29.5 Å². The van der Waals surface area contributed by atoms with E-state index in [4.69, 9.17) is 16.3 Å². The van der Waals surface area contributed by atoms with Gasteiger partial charge in [-0.2, -0.15) is 0 Å². The fourth-order valence-corrected chi connectivity index (χ4v) is 1.80. The maximum atomic E-state index is 10.6. The Morgan fingerprint density at radius 3 is 2.81 bits per heavy atom. The maximum absolute atomic E-state index is 10.6. The zero-order valence-corrected chi connectivity index (χ0v) is 10.9. The molecule has 0 fully saturated rings. The molecule has 0 aliphatic carbocycles. The SMILES string of the molecule is COc1cc(C)c(CCNC(=O)S)cc1Cl. The van der Waals surface area contributed by atoms with Gasteiger partial charge in [-0.25, -0.2) is 0 Å². The third-order valence-corrected chi connectivity index (χ3v) is 2.73. The van der Waals surface area contributed by atoms with E-state index in [0.29, 0.717) is 17.3 Å². The Labute approximate surface area is 106 Å². The lowest BCUT2D eigenvalue weighted by Gasteiger charge is -2.10. The molecule has 0 unspecified atom stereocenters. The van der Waals surface area contributed by atoms with Crippen LogP contribution in [0, 0.1) is 6.92 Å². The number of amides is 1. The van der Waals surface area contributed by atoms with Gasteiger partial charge in [-0.3, -0.25) is 4.79 Å². The van der Waals surface area contributed by atoms with E-state index in [2.05, 4.69) is 17.9 Å². The van der Waals surface area contributed by atoms with Crippen LogP contribution < -0.4 is 10.1 Å². The molecule has 1 aromatic rings. The number of benzene rings is 1. The number of hydrogen-bond acceptors (Lipinski definition) is 2. The Balaban J connectivity index is 2.73. The smallest absolute Gasteiger partial charge is 0.275 e. The van der Waals surface area contributed by atoms with Crippen LogP contribution in [0.15, 0.2) is 12.1 Å². The molecule has 0 aliphatic rings. The van der Waals surface area contributed by atoms with Gasteiger partial charge in [-0.1, -0.05) is 24.2 Å². The maximum Gasteiger partial charge on any atom is 0.275 e. The first kappa shape index (κ1) is 13.2. The van der Waals surface area contributed by atoms with Gasteiger partial charge >= 0.3 is 0 Å². The molecule has 1 N–H and O–H groups in total. The molecule has 0 aromatic heterocycles. The molecule has 0 atom stereocenters. The van der Waals surface area contributed by atoms with E-state index in [0.717, 1.165) is 17.5 Å². The standard InChI is InChI=1S/C11H14ClNO2S/c1-7-5-10(15-2)9(12)6-8(7)3-4-13-11(14)16/h5-6H,3-4H2,1-2H3,(H2,13,14,16). The number of hydrogen-bond donors (Lipinski definition) is 2. The van der Waals surface area contributed by atoms with E-state index in [9.17, 15) is 4.79 Å². The Morgan fingerprint density at radius 1 is 1.56 bits per heavy atom. The predicted molar refractivity (Wildman–Crippen MR) is 68.8 cm³/mol. The summed E-state index contributed by atoms with van der Waals surface area (Å²) >= 11 is 9.64. The second-order valence-corrected chi connectivity index (χ2v) is 4.21. The number of carbonyl (C=O) groups excluding carboxylic acids is 1. The van der Waals surface area contributed by atoms with Crippen LogP contribution >= 0.6 is 24.2 Å². The number of halogens is 1. The largest absolute Gasteiger partial charge is 0.495 e. The Bertz CT molecular complexity index is 396. The first-order chi connectivity index (χ1) is 7.54. The summed E-state index contributed by atoms with van der Waals surface area (Å²) in [6.45, 7) is 2.53. The van der Waals surface area contributed by atoms with Crippen molar-refractivity contribution in [2.24, 2.45) is 0 Å². The van der Waals surface area contributed by atoms with Crippen LogP contribution in [0.25, 0.3) is 0 Å². The molecular weight excluding hydrogens is 246 g/mol. The van der Waals surface area contributed by atoms with Crippen LogP contribution in [-0.2, 0) is 6.42 Å². The lowest BCUT2D eigenvalue weighted by Crippen LogP contribution is -2.19. The van der Waals surface area contributed by atoms with Crippen LogP contribution in [0.5, 0.6) is 5.75 Å². The summed E-state index contributed by atoms with van der Waals surface area (Å²) in [5.41, 5.74) is 2.18. The second kappa shape index (κ2) is 6.01. The van der Waals surface area contributed by atoms with Gasteiger partial charge in [-0.05, 0) is 36.6 Å². The first-order valence-electron chi connectivity index (χ1n) is 4.84. The van der Waals surface area contributed by atoms with Gasteiger partial charge in [0.15, 0.2) is 0 Å². The van der Waals surface area contributed by atoms with Crippen LogP contribution in [-0.4, -0.2) is 18.9 Å². The van der Waals surface area contributed by atoms with Crippen LogP contribution in [0.4, 0.5) is 4.79 Å². The van der Waals surface area contributed by atoms with Gasteiger partial charge in [-0.15, -0.1) is 0 Å². The van der Waals surface area contributed by atoms with Gasteiger partial charge in [0.25, 0.3) is 5.24 Å². The summed E-state index contributed by atoms with van der Waals surface area (Å²) in [7, 11) is 1.58. The Hall–Kier alpha value is -0.870. The third-order valence-electron chi connectivity index (χ3n) is 2.28. The molecule has 0 heterocycles. The van der Waals surface area contributed by atoms with Crippen LogP contribution in [0.1, 0.15) is 11.1 Å². The molecule has 1 amide bonds. The van der Waals surface area contributed by atoms with Crippen molar-refractivity contribution in [2.75, 3.05) is 13.7 Å². The van der Waals surface area contributed by atoms with Crippen molar-refractivity contribution < 1.29 is 9.53 Å². The van der Waals surface area contributed by atoms with Crippen molar-refractivity contribution in [3.63, 3.8) is 0 Å². The number of rotatable bonds is 4. The number of ether oxygens (including phenoxy) is 1. The molecule has 5 heteroatoms. The molecular formula is C11H14ClNO2S. The summed E-state index contributed by atoms with van der Waals surface area (Å²) < 4.78 is 5.11. The van der Waals surface area contributed by atoms with Crippen molar-refractivity contribution in [3.05, 3.63) is 28.3 Å². The number of thiol groups is 1. The Morgan fingerprint density at radius 2 is 2.25 bits per heavy atom. The number of aryl methyl sites for hydroxylation is 1. The lowest BCUT2D eigenvalue weighted by atomic mass is 10.1. The van der Waals surface area contributed by atoms with E-state index < -0.39 is 0 Å². The topological polar surface area (TPSA) is 38.3 Å². The molecule has 1 rings (SSSR count). The molecule has 3 nitrogen and oxygen atoms in total. The number of nitrogens with one attached hydrogen (secondary N) is 1. The zero-order chi connectivity index (χ0) is 12.1. The predicted octanol–water partition coefficient (Wildman–Crippen LogP) is 2.84. The van der Waals surface area contributed by atoms with Gasteiger partial charge in [0.2, 0.25) is 0 Å². The lowest BCUT2D eigenvalue weighted by molar-refractivity contribution is 0.261. The molecule has 16 heavy (non-hydrogen) atoms. The highest BCUT2D eigenvalue weighted by Gasteiger charge is 2.06. The van der Waals surface area contributed by atoms with Gasteiger partial charge < -0.3 is 10.1 Å². The molecule has 0 saturated carbocycles. The zero-order valence-electron chi connectivity index (χ0n) is 9.21. The molecule has 88 valence electrons. The molecule has 0 radical (unpaired) electrons. The average molecular weight is 260 g/mol. The van der Waals surface area contributed by atoms with Crippen molar-refractivity contribution in [1.82, 2.24) is 5.32 Å². The molecule has 1 aromatic carbocycles. The van der Waals surface area contributed by atoms with Crippen LogP contribution in [0.2, 0.25) is 5.02 Å². The monoisotopic (exact) mass is 259 g/mol. The summed E-state index contributed by atoms with van der Waals surface area (Å²) in [4.78, 5) is 10.6. The van der Waals surface area contributed by atoms with E-state index in [-0.39, 0.29) is 5.24 Å². The van der Waals surface area contributed by atoms with E-state index >= 15 is 0 Å². The minimum Gasteiger partial charge on any atom is -0.495 e. The van der Waals surface area contributed by atoms with Gasteiger partial charge in [0, 0.05) is 6.54 Å². The molecule has 0 saturated heterocycles. The summed E-state index contributed by atoms with van der Waals surface area (Å²) in [5, 5.41) is 2.88. The minimum atomic E-state index is -0.322. The highest BCUT2D eigenvalue weighted by molar-refractivity contribution is 7.96. The minimum absolute atomic E-state index is 0.322. The normalized spacial score (nSPS) is 10.0. The molecule has 0 aliphatic heterocycles. The summed E-state index contributed by atoms with van der Waals surface area (Å²) in [5.74, 6) is 0.668. The average Bonchev–Trinajstić information content (AvgIpc) is 2.22. The highest BCUT2D eigenvalue weighted by Crippen LogP contribution is 2.27. The summed E-state index contributed by atoms with van der Waals surface area (Å²) in [6.07, 6.45) is 0.724. The van der Waals surface area contributed by atoms with Crippen molar-refractivity contribution in [1.29, 1.82) is 0 Å². The van der Waals surface area contributed by atoms with E-state index in [1.54, 1.807) is 7.11 Å². The summed E-state index contributed by atoms with van der Waals surface area (Å²) in [6, 6.07) is 3.75. The number of methoxy groups -OCH3 is 1.